The summed E-state index contributed by atoms with van der Waals surface area (Å²) in [6.07, 6.45) is 2.14. The van der Waals surface area contributed by atoms with E-state index >= 15 is 0 Å². The quantitative estimate of drug-likeness (QED) is 0.634. The van der Waals surface area contributed by atoms with Crippen LogP contribution >= 0.6 is 0 Å². The molecule has 0 aromatic carbocycles. The Morgan fingerprint density at radius 3 is 2.32 bits per heavy atom. The number of esters is 1. The van der Waals surface area contributed by atoms with Crippen LogP contribution in [0.25, 0.3) is 0 Å². The van der Waals surface area contributed by atoms with Crippen LogP contribution in [0, 0.1) is 17.3 Å². The van der Waals surface area contributed by atoms with Crippen molar-refractivity contribution in [1.82, 2.24) is 0 Å². The third-order valence-electron chi connectivity index (χ3n) is 4.85. The molecule has 6 heteroatoms. The first-order chi connectivity index (χ1) is 8.40. The average Bonchev–Trinajstić information content (AvgIpc) is 2.22. The molecule has 0 aromatic heterocycles. The van der Waals surface area contributed by atoms with Crippen molar-refractivity contribution in [3.05, 3.63) is 0 Å². The SMILES string of the molecule is O=C(OCC12CC3CC(CC(O)(C3)C1)C2)C(F)F.[Na]. The first-order valence-electron chi connectivity index (χ1n) is 6.57. The molecule has 2 atom stereocenters. The zero-order valence-electron chi connectivity index (χ0n) is 11.2. The number of carbonyl (C=O) groups excluding carboxylic acids is 1. The van der Waals surface area contributed by atoms with E-state index in [0.717, 1.165) is 32.1 Å². The first kappa shape index (κ1) is 15.7. The molecule has 0 spiro atoms. The number of alkyl halides is 2. The van der Waals surface area contributed by atoms with Gasteiger partial charge in [0.25, 0.3) is 0 Å². The molecule has 0 amide bonds. The van der Waals surface area contributed by atoms with Crippen LogP contribution in [0.15, 0.2) is 0 Å². The van der Waals surface area contributed by atoms with Crippen LogP contribution in [0.5, 0.6) is 0 Å². The molecule has 19 heavy (non-hydrogen) atoms. The summed E-state index contributed by atoms with van der Waals surface area (Å²) in [4.78, 5) is 10.9. The second-order valence-corrected chi connectivity index (χ2v) is 6.59. The van der Waals surface area contributed by atoms with Crippen LogP contribution in [-0.4, -0.2) is 59.3 Å². The van der Waals surface area contributed by atoms with E-state index in [1.807, 2.05) is 0 Å². The minimum Gasteiger partial charge on any atom is -0.461 e. The zero-order valence-corrected chi connectivity index (χ0v) is 13.2. The Hall–Kier alpha value is 0.290. The minimum atomic E-state index is -3.05. The number of carbonyl (C=O) groups is 1. The van der Waals surface area contributed by atoms with Crippen molar-refractivity contribution in [3.63, 3.8) is 0 Å². The van der Waals surface area contributed by atoms with E-state index in [4.69, 9.17) is 4.74 Å². The maximum atomic E-state index is 12.1. The third kappa shape index (κ3) is 2.99. The summed E-state index contributed by atoms with van der Waals surface area (Å²) in [5.74, 6) is -0.485. The maximum absolute atomic E-state index is 12.1. The number of halogens is 2. The summed E-state index contributed by atoms with van der Waals surface area (Å²) in [6.45, 7) is 0.0471. The Labute approximate surface area is 133 Å². The molecule has 1 N–H and O–H groups in total. The van der Waals surface area contributed by atoms with E-state index in [9.17, 15) is 18.7 Å². The van der Waals surface area contributed by atoms with Crippen molar-refractivity contribution < 1.29 is 23.4 Å². The van der Waals surface area contributed by atoms with E-state index in [1.165, 1.54) is 0 Å². The van der Waals surface area contributed by atoms with Crippen LogP contribution in [0.1, 0.15) is 38.5 Å². The number of ether oxygens (including phenoxy) is 1. The van der Waals surface area contributed by atoms with Gasteiger partial charge in [-0.25, -0.2) is 4.79 Å². The van der Waals surface area contributed by atoms with Crippen molar-refractivity contribution in [2.45, 2.75) is 50.6 Å². The second kappa shape index (κ2) is 5.24. The van der Waals surface area contributed by atoms with Gasteiger partial charge in [0.1, 0.15) is 0 Å². The van der Waals surface area contributed by atoms with E-state index in [-0.39, 0.29) is 41.6 Å². The van der Waals surface area contributed by atoms with Crippen LogP contribution in [-0.2, 0) is 9.53 Å². The first-order valence-corrected chi connectivity index (χ1v) is 6.57. The molecule has 4 saturated carbocycles. The second-order valence-electron chi connectivity index (χ2n) is 6.59. The maximum Gasteiger partial charge on any atom is 0.373 e. The van der Waals surface area contributed by atoms with Gasteiger partial charge in [-0.05, 0) is 50.4 Å². The molecule has 2 unspecified atom stereocenters. The molecule has 0 saturated heterocycles. The Morgan fingerprint density at radius 1 is 1.26 bits per heavy atom. The molecule has 0 aliphatic heterocycles. The van der Waals surface area contributed by atoms with E-state index in [0.29, 0.717) is 18.3 Å². The summed E-state index contributed by atoms with van der Waals surface area (Å²) in [7, 11) is 0. The van der Waals surface area contributed by atoms with Gasteiger partial charge >= 0.3 is 12.4 Å². The van der Waals surface area contributed by atoms with E-state index in [1.54, 1.807) is 0 Å². The Kier molecular flexibility index (Phi) is 4.33. The number of hydrogen-bond acceptors (Lipinski definition) is 3. The van der Waals surface area contributed by atoms with Gasteiger partial charge in [0.2, 0.25) is 0 Å². The summed E-state index contributed by atoms with van der Waals surface area (Å²) in [5, 5.41) is 10.5. The van der Waals surface area contributed by atoms with Crippen molar-refractivity contribution in [2.24, 2.45) is 17.3 Å². The van der Waals surface area contributed by atoms with Gasteiger partial charge in [0.05, 0.1) is 12.2 Å². The van der Waals surface area contributed by atoms with Crippen LogP contribution in [0.2, 0.25) is 0 Å². The Balaban J connectivity index is 0.00000133. The monoisotopic (exact) mass is 283 g/mol. The molecule has 103 valence electrons. The zero-order chi connectivity index (χ0) is 13.0. The van der Waals surface area contributed by atoms with Crippen LogP contribution < -0.4 is 0 Å². The van der Waals surface area contributed by atoms with Crippen molar-refractivity contribution in [3.8, 4) is 0 Å². The fraction of sp³-hybridized carbons (Fsp3) is 0.923. The molecule has 4 bridgehead atoms. The van der Waals surface area contributed by atoms with Crippen molar-refractivity contribution in [2.75, 3.05) is 6.61 Å². The summed E-state index contributed by atoms with van der Waals surface area (Å²) in [5.41, 5.74) is -0.884. The predicted octanol–water partition coefficient (Wildman–Crippen LogP) is 1.75. The summed E-state index contributed by atoms with van der Waals surface area (Å²) < 4.78 is 29.0. The molecule has 4 aliphatic rings. The topological polar surface area (TPSA) is 46.5 Å². The minimum absolute atomic E-state index is 0. The standard InChI is InChI=1S/C13H18F2O3.Na/c14-10(15)11(16)18-7-12-2-8-1-9(3-12)5-13(17,4-8)6-12;/h8-10,17H,1-7H2;. The third-order valence-corrected chi connectivity index (χ3v) is 4.85. The summed E-state index contributed by atoms with van der Waals surface area (Å²) >= 11 is 0. The molecule has 4 fully saturated rings. The number of aliphatic hydroxyl groups is 1. The molecule has 4 rings (SSSR count). The predicted molar refractivity (Wildman–Crippen MR) is 64.8 cm³/mol. The van der Waals surface area contributed by atoms with Crippen molar-refractivity contribution >= 4 is 35.5 Å². The fourth-order valence-corrected chi connectivity index (χ4v) is 4.86. The summed E-state index contributed by atoms with van der Waals surface area (Å²) in [6, 6.07) is 0. The van der Waals surface area contributed by atoms with Gasteiger partial charge in [0, 0.05) is 35.0 Å². The Bertz CT molecular complexity index is 361. The van der Waals surface area contributed by atoms with E-state index < -0.39 is 18.0 Å². The number of hydrogen-bond donors (Lipinski definition) is 1. The number of rotatable bonds is 3. The molecule has 4 aliphatic carbocycles. The van der Waals surface area contributed by atoms with Crippen LogP contribution in [0.3, 0.4) is 0 Å². The van der Waals surface area contributed by atoms with Gasteiger partial charge in [-0.15, -0.1) is 0 Å². The smallest absolute Gasteiger partial charge is 0.373 e. The van der Waals surface area contributed by atoms with Gasteiger partial charge in [-0.3, -0.25) is 0 Å². The molecule has 3 nitrogen and oxygen atoms in total. The molecule has 0 heterocycles. The largest absolute Gasteiger partial charge is 0.461 e. The molecule has 1 radical (unpaired) electrons. The van der Waals surface area contributed by atoms with Gasteiger partial charge in [0.15, 0.2) is 0 Å². The van der Waals surface area contributed by atoms with Crippen LogP contribution in [0.4, 0.5) is 8.78 Å². The van der Waals surface area contributed by atoms with Crippen molar-refractivity contribution in [1.29, 1.82) is 0 Å². The van der Waals surface area contributed by atoms with Gasteiger partial charge in [-0.1, -0.05) is 0 Å². The average molecular weight is 283 g/mol. The molecular weight excluding hydrogens is 265 g/mol. The molecule has 0 aromatic rings. The fourth-order valence-electron chi connectivity index (χ4n) is 4.86. The van der Waals surface area contributed by atoms with Gasteiger partial charge < -0.3 is 9.84 Å². The Morgan fingerprint density at radius 2 is 1.84 bits per heavy atom. The van der Waals surface area contributed by atoms with E-state index in [2.05, 4.69) is 0 Å². The van der Waals surface area contributed by atoms with Gasteiger partial charge in [-0.2, -0.15) is 8.78 Å². The normalized spacial score (nSPS) is 43.2. The molecular formula is C13H18F2NaO3.